The number of imide groups is 1. The molecule has 0 saturated carbocycles. The summed E-state index contributed by atoms with van der Waals surface area (Å²) in [5.41, 5.74) is 0.959. The van der Waals surface area contributed by atoms with Crippen molar-refractivity contribution in [3.05, 3.63) is 47.0 Å². The van der Waals surface area contributed by atoms with Crippen molar-refractivity contribution in [3.63, 3.8) is 0 Å². The first-order chi connectivity index (χ1) is 9.59. The normalized spacial score (nSPS) is 25.4. The number of carbonyl (C=O) groups is 3. The Balaban J connectivity index is 2.06. The molecule has 2 amide bonds. The summed E-state index contributed by atoms with van der Waals surface area (Å²) in [6.45, 7) is 2.00. The minimum atomic E-state index is -1.02. The number of hydrogen-bond donors (Lipinski definition) is 0. The van der Waals surface area contributed by atoms with E-state index in [1.807, 2.05) is 13.0 Å². The fourth-order valence-electron chi connectivity index (χ4n) is 2.93. The van der Waals surface area contributed by atoms with Crippen molar-refractivity contribution in [1.29, 1.82) is 0 Å². The molecule has 0 radical (unpaired) electrons. The van der Waals surface area contributed by atoms with Crippen LogP contribution < -0.4 is 0 Å². The Morgan fingerprint density at radius 3 is 2.20 bits per heavy atom. The van der Waals surface area contributed by atoms with E-state index < -0.39 is 5.54 Å². The molecule has 0 aromatic heterocycles. The molecule has 1 aromatic rings. The summed E-state index contributed by atoms with van der Waals surface area (Å²) in [7, 11) is 0. The number of benzene rings is 1. The summed E-state index contributed by atoms with van der Waals surface area (Å²) < 4.78 is 0. The van der Waals surface area contributed by atoms with E-state index in [0.29, 0.717) is 24.0 Å². The molecule has 102 valence electrons. The lowest BCUT2D eigenvalue weighted by Crippen LogP contribution is -2.53. The molecule has 0 bridgehead atoms. The van der Waals surface area contributed by atoms with Crippen molar-refractivity contribution in [1.82, 2.24) is 4.90 Å². The van der Waals surface area contributed by atoms with E-state index in [1.54, 1.807) is 24.3 Å². The zero-order valence-electron chi connectivity index (χ0n) is 11.3. The Labute approximate surface area is 117 Å². The van der Waals surface area contributed by atoms with Crippen LogP contribution in [0.1, 0.15) is 46.9 Å². The van der Waals surface area contributed by atoms with Crippen LogP contribution in [0.15, 0.2) is 35.9 Å². The maximum Gasteiger partial charge on any atom is 0.262 e. The molecule has 1 heterocycles. The molecule has 1 aliphatic heterocycles. The molecular formula is C16H15NO3. The smallest absolute Gasteiger partial charge is 0.262 e. The molecule has 4 nitrogen and oxygen atoms in total. The fourth-order valence-corrected chi connectivity index (χ4v) is 2.93. The number of aldehydes is 1. The number of nitrogens with zero attached hydrogens (tertiary/aromatic N) is 1. The quantitative estimate of drug-likeness (QED) is 0.470. The third-order valence-corrected chi connectivity index (χ3v) is 4.22. The van der Waals surface area contributed by atoms with Gasteiger partial charge in [0.25, 0.3) is 11.8 Å². The van der Waals surface area contributed by atoms with Crippen molar-refractivity contribution in [2.24, 2.45) is 0 Å². The lowest BCUT2D eigenvalue weighted by atomic mass is 9.82. The van der Waals surface area contributed by atoms with Crippen LogP contribution in [-0.4, -0.2) is 28.5 Å². The van der Waals surface area contributed by atoms with Gasteiger partial charge in [0.1, 0.15) is 11.8 Å². The minimum Gasteiger partial charge on any atom is -0.301 e. The van der Waals surface area contributed by atoms with Crippen molar-refractivity contribution < 1.29 is 14.4 Å². The highest BCUT2D eigenvalue weighted by Gasteiger charge is 2.49. The lowest BCUT2D eigenvalue weighted by Gasteiger charge is -2.37. The monoisotopic (exact) mass is 269 g/mol. The van der Waals surface area contributed by atoms with Gasteiger partial charge in [-0.25, -0.2) is 0 Å². The average molecular weight is 269 g/mol. The second-order valence-electron chi connectivity index (χ2n) is 5.47. The second-order valence-corrected chi connectivity index (χ2v) is 5.47. The zero-order chi connectivity index (χ0) is 14.3. The van der Waals surface area contributed by atoms with Gasteiger partial charge >= 0.3 is 0 Å². The molecule has 0 spiro atoms. The van der Waals surface area contributed by atoms with Crippen molar-refractivity contribution in [3.8, 4) is 0 Å². The summed E-state index contributed by atoms with van der Waals surface area (Å²) in [6, 6.07) is 6.73. The van der Waals surface area contributed by atoms with Gasteiger partial charge in [-0.1, -0.05) is 23.8 Å². The Kier molecular flexibility index (Phi) is 2.82. The average Bonchev–Trinajstić information content (AvgIpc) is 2.74. The Morgan fingerprint density at radius 1 is 1.15 bits per heavy atom. The highest BCUT2D eigenvalue weighted by molar-refractivity contribution is 6.22. The maximum atomic E-state index is 12.5. The van der Waals surface area contributed by atoms with Crippen LogP contribution >= 0.6 is 0 Å². The number of amides is 2. The van der Waals surface area contributed by atoms with Crippen LogP contribution in [0.4, 0.5) is 0 Å². The summed E-state index contributed by atoms with van der Waals surface area (Å²) in [4.78, 5) is 37.8. The van der Waals surface area contributed by atoms with Gasteiger partial charge in [0.2, 0.25) is 0 Å². The Morgan fingerprint density at radius 2 is 1.75 bits per heavy atom. The number of hydrogen-bond acceptors (Lipinski definition) is 3. The van der Waals surface area contributed by atoms with E-state index >= 15 is 0 Å². The highest BCUT2D eigenvalue weighted by Crippen LogP contribution is 2.37. The van der Waals surface area contributed by atoms with Gasteiger partial charge in [-0.15, -0.1) is 0 Å². The first-order valence-corrected chi connectivity index (χ1v) is 6.69. The molecule has 20 heavy (non-hydrogen) atoms. The molecule has 4 heteroatoms. The highest BCUT2D eigenvalue weighted by atomic mass is 16.2. The van der Waals surface area contributed by atoms with Gasteiger partial charge in [0, 0.05) is 0 Å². The molecule has 2 aliphatic rings. The molecule has 1 aromatic carbocycles. The standard InChI is InChI=1S/C16H15NO3/c1-11-6-8-16(10-18,9-7-11)17-14(19)12-4-2-3-5-13(12)15(17)20/h2-6,10H,7-9H2,1H3. The molecule has 0 N–H and O–H groups in total. The third-order valence-electron chi connectivity index (χ3n) is 4.22. The van der Waals surface area contributed by atoms with Crippen LogP contribution in [0.25, 0.3) is 0 Å². The van der Waals surface area contributed by atoms with Crippen LogP contribution in [0.3, 0.4) is 0 Å². The van der Waals surface area contributed by atoms with E-state index in [1.165, 1.54) is 5.57 Å². The van der Waals surface area contributed by atoms with Gasteiger partial charge in [0.05, 0.1) is 11.1 Å². The third kappa shape index (κ3) is 1.64. The summed E-state index contributed by atoms with van der Waals surface area (Å²) in [6.07, 6.45) is 4.35. The Bertz CT molecular complexity index is 612. The molecule has 1 unspecified atom stereocenters. The summed E-state index contributed by atoms with van der Waals surface area (Å²) >= 11 is 0. The van der Waals surface area contributed by atoms with Gasteiger partial charge in [0.15, 0.2) is 0 Å². The van der Waals surface area contributed by atoms with E-state index in [0.717, 1.165) is 17.6 Å². The van der Waals surface area contributed by atoms with Gasteiger partial charge < -0.3 is 4.79 Å². The minimum absolute atomic E-state index is 0.356. The van der Waals surface area contributed by atoms with Crippen molar-refractivity contribution >= 4 is 18.1 Å². The molecule has 1 aliphatic carbocycles. The molecule has 0 saturated heterocycles. The number of fused-ring (bicyclic) bond motifs is 1. The van der Waals surface area contributed by atoms with Crippen LogP contribution in [-0.2, 0) is 4.79 Å². The van der Waals surface area contributed by atoms with E-state index in [4.69, 9.17) is 0 Å². The van der Waals surface area contributed by atoms with Crippen LogP contribution in [0, 0.1) is 0 Å². The van der Waals surface area contributed by atoms with E-state index in [-0.39, 0.29) is 11.8 Å². The molecule has 3 rings (SSSR count). The number of rotatable bonds is 2. The first-order valence-electron chi connectivity index (χ1n) is 6.69. The largest absolute Gasteiger partial charge is 0.301 e. The predicted octanol–water partition coefficient (Wildman–Crippen LogP) is 2.35. The number of carbonyl (C=O) groups excluding carboxylic acids is 3. The predicted molar refractivity (Wildman–Crippen MR) is 73.3 cm³/mol. The lowest BCUT2D eigenvalue weighted by molar-refractivity contribution is -0.116. The van der Waals surface area contributed by atoms with Crippen LogP contribution in [0.2, 0.25) is 0 Å². The fraction of sp³-hybridized carbons (Fsp3) is 0.312. The maximum absolute atomic E-state index is 12.5. The van der Waals surface area contributed by atoms with Gasteiger partial charge in [-0.2, -0.15) is 0 Å². The van der Waals surface area contributed by atoms with Gasteiger partial charge in [-0.3, -0.25) is 14.5 Å². The SMILES string of the molecule is CC1=CCC(C=O)(N2C(=O)c3ccccc3C2=O)CC1. The van der Waals surface area contributed by atoms with E-state index in [9.17, 15) is 14.4 Å². The second kappa shape index (κ2) is 4.40. The number of allylic oxidation sites excluding steroid dienone is 1. The van der Waals surface area contributed by atoms with E-state index in [2.05, 4.69) is 0 Å². The van der Waals surface area contributed by atoms with Gasteiger partial charge in [-0.05, 0) is 38.3 Å². The Hall–Kier alpha value is -2.23. The molecule has 0 fully saturated rings. The van der Waals surface area contributed by atoms with Crippen molar-refractivity contribution in [2.45, 2.75) is 31.7 Å². The molecule has 1 atom stereocenters. The van der Waals surface area contributed by atoms with Crippen molar-refractivity contribution in [2.75, 3.05) is 0 Å². The first kappa shape index (κ1) is 12.8. The topological polar surface area (TPSA) is 54.5 Å². The molecular weight excluding hydrogens is 254 g/mol. The summed E-state index contributed by atoms with van der Waals surface area (Å²) in [5, 5.41) is 0. The summed E-state index contributed by atoms with van der Waals surface area (Å²) in [5.74, 6) is -0.712. The van der Waals surface area contributed by atoms with Crippen LogP contribution in [0.5, 0.6) is 0 Å². The zero-order valence-corrected chi connectivity index (χ0v) is 11.3.